The molecule has 0 radical (unpaired) electrons. The Morgan fingerprint density at radius 3 is 3.29 bits per heavy atom. The van der Waals surface area contributed by atoms with E-state index in [1.165, 1.54) is 29.7 Å². The quantitative estimate of drug-likeness (QED) is 0.921. The van der Waals surface area contributed by atoms with Gasteiger partial charge in [0.05, 0.1) is 4.34 Å². The van der Waals surface area contributed by atoms with Crippen molar-refractivity contribution < 1.29 is 0 Å². The number of thiophene rings is 1. The van der Waals surface area contributed by atoms with Crippen LogP contribution in [-0.4, -0.2) is 4.98 Å². The van der Waals surface area contributed by atoms with Gasteiger partial charge in [-0.15, -0.1) is 22.7 Å². The zero-order valence-electron chi connectivity index (χ0n) is 9.28. The first kappa shape index (κ1) is 11.7. The van der Waals surface area contributed by atoms with Crippen molar-refractivity contribution in [1.82, 2.24) is 10.3 Å². The van der Waals surface area contributed by atoms with E-state index < -0.39 is 0 Å². The lowest BCUT2D eigenvalue weighted by Crippen LogP contribution is -2.23. The molecule has 0 fully saturated rings. The van der Waals surface area contributed by atoms with Gasteiger partial charge in [0.1, 0.15) is 5.01 Å². The zero-order chi connectivity index (χ0) is 11.7. The highest BCUT2D eigenvalue weighted by molar-refractivity contribution is 7.16. The first-order chi connectivity index (χ1) is 8.33. The van der Waals surface area contributed by atoms with Crippen LogP contribution in [0.5, 0.6) is 0 Å². The van der Waals surface area contributed by atoms with Crippen molar-refractivity contribution in [2.45, 2.75) is 31.8 Å². The second-order valence-electron chi connectivity index (χ2n) is 4.18. The van der Waals surface area contributed by atoms with Crippen molar-refractivity contribution in [1.29, 1.82) is 0 Å². The molecule has 2 nitrogen and oxygen atoms in total. The van der Waals surface area contributed by atoms with E-state index in [4.69, 9.17) is 11.6 Å². The summed E-state index contributed by atoms with van der Waals surface area (Å²) >= 11 is 9.53. The number of aryl methyl sites for hydroxylation is 1. The van der Waals surface area contributed by atoms with Crippen molar-refractivity contribution in [2.75, 3.05) is 0 Å². The Hall–Kier alpha value is -0.420. The van der Waals surface area contributed by atoms with Crippen molar-refractivity contribution >= 4 is 34.3 Å². The monoisotopic (exact) mass is 284 g/mol. The van der Waals surface area contributed by atoms with Crippen LogP contribution in [0, 0.1) is 0 Å². The van der Waals surface area contributed by atoms with Crippen LogP contribution in [0.25, 0.3) is 0 Å². The summed E-state index contributed by atoms with van der Waals surface area (Å²) in [6.45, 7) is 0.856. The van der Waals surface area contributed by atoms with E-state index in [0.29, 0.717) is 6.04 Å². The molecule has 17 heavy (non-hydrogen) atoms. The fourth-order valence-electron chi connectivity index (χ4n) is 2.28. The Labute approximate surface area is 114 Å². The number of nitrogens with zero attached hydrogens (tertiary/aromatic N) is 1. The van der Waals surface area contributed by atoms with E-state index in [0.717, 1.165) is 15.9 Å². The van der Waals surface area contributed by atoms with E-state index in [1.807, 2.05) is 11.6 Å². The summed E-state index contributed by atoms with van der Waals surface area (Å²) < 4.78 is 0.915. The third kappa shape index (κ3) is 2.55. The van der Waals surface area contributed by atoms with Crippen LogP contribution >= 0.6 is 34.3 Å². The summed E-state index contributed by atoms with van der Waals surface area (Å²) in [6.07, 6.45) is 5.49. The van der Waals surface area contributed by atoms with E-state index in [1.54, 1.807) is 22.7 Å². The van der Waals surface area contributed by atoms with Crippen molar-refractivity contribution in [3.8, 4) is 0 Å². The van der Waals surface area contributed by atoms with Gasteiger partial charge in [-0.05, 0) is 30.9 Å². The Balaban J connectivity index is 1.72. The molecule has 1 unspecified atom stereocenters. The van der Waals surface area contributed by atoms with Crippen LogP contribution in [-0.2, 0) is 13.0 Å². The normalized spacial score (nSPS) is 19.2. The Morgan fingerprint density at radius 1 is 1.53 bits per heavy atom. The van der Waals surface area contributed by atoms with Gasteiger partial charge in [0.15, 0.2) is 0 Å². The smallest absolute Gasteiger partial charge is 0.106 e. The third-order valence-corrected chi connectivity index (χ3v) is 5.19. The van der Waals surface area contributed by atoms with E-state index in [-0.39, 0.29) is 0 Å². The molecule has 0 aromatic carbocycles. The number of nitrogens with one attached hydrogen (secondary N) is 1. The molecular formula is C12H13ClN2S2. The molecule has 2 aromatic rings. The van der Waals surface area contributed by atoms with Gasteiger partial charge in [-0.2, -0.15) is 0 Å². The summed E-state index contributed by atoms with van der Waals surface area (Å²) in [5.74, 6) is 0. The number of aromatic nitrogens is 1. The second-order valence-corrected chi connectivity index (χ2v) is 6.93. The van der Waals surface area contributed by atoms with E-state index in [2.05, 4.69) is 16.4 Å². The summed E-state index contributed by atoms with van der Waals surface area (Å²) in [5.41, 5.74) is 1.41. The number of hydrogen-bond donors (Lipinski definition) is 1. The SMILES string of the molecule is Clc1cc2c(s1)CCCC2NCc1nccs1. The van der Waals surface area contributed by atoms with Crippen molar-refractivity contribution in [3.63, 3.8) is 0 Å². The molecule has 2 heterocycles. The number of rotatable bonds is 3. The number of fused-ring (bicyclic) bond motifs is 1. The molecule has 0 spiro atoms. The molecule has 1 N–H and O–H groups in total. The van der Waals surface area contributed by atoms with Crippen molar-refractivity contribution in [2.24, 2.45) is 0 Å². The third-order valence-electron chi connectivity index (χ3n) is 3.07. The minimum Gasteiger partial charge on any atom is -0.304 e. The molecule has 1 aliphatic carbocycles. The highest BCUT2D eigenvalue weighted by Gasteiger charge is 2.22. The van der Waals surface area contributed by atoms with Gasteiger partial charge in [-0.1, -0.05) is 11.6 Å². The lowest BCUT2D eigenvalue weighted by atomic mass is 9.94. The molecule has 0 saturated heterocycles. The molecule has 0 bridgehead atoms. The predicted octanol–water partition coefficient (Wildman–Crippen LogP) is 4.03. The molecule has 1 atom stereocenters. The lowest BCUT2D eigenvalue weighted by Gasteiger charge is -2.23. The number of thiazole rings is 1. The van der Waals surface area contributed by atoms with Crippen LogP contribution in [0.1, 0.15) is 34.3 Å². The molecule has 3 rings (SSSR count). The number of halogens is 1. The Bertz CT molecular complexity index is 493. The predicted molar refractivity (Wildman–Crippen MR) is 74.0 cm³/mol. The molecule has 1 aliphatic rings. The minimum absolute atomic E-state index is 0.450. The Morgan fingerprint density at radius 2 is 2.47 bits per heavy atom. The van der Waals surface area contributed by atoms with Gasteiger partial charge in [0.25, 0.3) is 0 Å². The molecule has 0 amide bonds. The van der Waals surface area contributed by atoms with Crippen LogP contribution in [0.2, 0.25) is 4.34 Å². The molecule has 90 valence electrons. The maximum absolute atomic E-state index is 6.10. The highest BCUT2D eigenvalue weighted by atomic mass is 35.5. The van der Waals surface area contributed by atoms with Gasteiger partial charge in [-0.3, -0.25) is 0 Å². The van der Waals surface area contributed by atoms with Gasteiger partial charge >= 0.3 is 0 Å². The molecule has 0 aliphatic heterocycles. The average molecular weight is 285 g/mol. The summed E-state index contributed by atoms with van der Waals surface area (Å²) in [7, 11) is 0. The van der Waals surface area contributed by atoms with Gasteiger partial charge in [0.2, 0.25) is 0 Å². The fourth-order valence-corrected chi connectivity index (χ4v) is 4.24. The largest absolute Gasteiger partial charge is 0.304 e. The topological polar surface area (TPSA) is 24.9 Å². The minimum atomic E-state index is 0.450. The van der Waals surface area contributed by atoms with Gasteiger partial charge in [0, 0.05) is 29.0 Å². The average Bonchev–Trinajstić information content (AvgIpc) is 2.93. The van der Waals surface area contributed by atoms with Crippen LogP contribution in [0.4, 0.5) is 0 Å². The van der Waals surface area contributed by atoms with Crippen molar-refractivity contribution in [3.05, 3.63) is 37.4 Å². The fraction of sp³-hybridized carbons (Fsp3) is 0.417. The van der Waals surface area contributed by atoms with E-state index in [9.17, 15) is 0 Å². The first-order valence-corrected chi connectivity index (χ1v) is 7.80. The molecule has 5 heteroatoms. The van der Waals surface area contributed by atoms with E-state index >= 15 is 0 Å². The zero-order valence-corrected chi connectivity index (χ0v) is 11.7. The van der Waals surface area contributed by atoms with Crippen LogP contribution in [0.15, 0.2) is 17.6 Å². The van der Waals surface area contributed by atoms with Gasteiger partial charge < -0.3 is 5.32 Å². The molecule has 0 saturated carbocycles. The van der Waals surface area contributed by atoms with Gasteiger partial charge in [-0.25, -0.2) is 4.98 Å². The maximum atomic E-state index is 6.10. The summed E-state index contributed by atoms with van der Waals surface area (Å²) in [4.78, 5) is 5.75. The summed E-state index contributed by atoms with van der Waals surface area (Å²) in [5, 5.41) is 6.76. The molecule has 2 aromatic heterocycles. The van der Waals surface area contributed by atoms with Crippen LogP contribution in [0.3, 0.4) is 0 Å². The molecular weight excluding hydrogens is 272 g/mol. The number of hydrogen-bond acceptors (Lipinski definition) is 4. The van der Waals surface area contributed by atoms with Crippen LogP contribution < -0.4 is 5.32 Å². The standard InChI is InChI=1S/C12H13ClN2S2/c13-11-6-8-9(2-1-3-10(8)17-11)15-7-12-14-4-5-16-12/h4-6,9,15H,1-3,7H2. The lowest BCUT2D eigenvalue weighted by molar-refractivity contribution is 0.462. The Kier molecular flexibility index (Phi) is 3.47. The maximum Gasteiger partial charge on any atom is 0.106 e. The summed E-state index contributed by atoms with van der Waals surface area (Å²) in [6, 6.07) is 2.58. The highest BCUT2D eigenvalue weighted by Crippen LogP contribution is 2.37. The second kappa shape index (κ2) is 5.06. The first-order valence-electron chi connectivity index (χ1n) is 5.73.